The quantitative estimate of drug-likeness (QED) is 0.517. The number of nitrogens with one attached hydrogen (secondary N) is 1. The summed E-state index contributed by atoms with van der Waals surface area (Å²) in [6.07, 6.45) is 4.84. The van der Waals surface area contributed by atoms with E-state index in [0.717, 1.165) is 11.1 Å². The number of pyridine rings is 1. The van der Waals surface area contributed by atoms with Crippen molar-refractivity contribution in [3.05, 3.63) is 69.9 Å². The largest absolute Gasteiger partial charge is 0.287 e. The lowest BCUT2D eigenvalue weighted by atomic mass is 10.1. The molecule has 2 aromatic rings. The van der Waals surface area contributed by atoms with Crippen LogP contribution in [0.25, 0.3) is 6.08 Å². The molecule has 2 rings (SSSR count). The second-order valence-electron chi connectivity index (χ2n) is 4.33. The van der Waals surface area contributed by atoms with Crippen LogP contribution in [0.3, 0.4) is 0 Å². The molecule has 0 amide bonds. The van der Waals surface area contributed by atoms with Gasteiger partial charge in [0.2, 0.25) is 0 Å². The molecule has 0 saturated heterocycles. The molecule has 0 spiro atoms. The first-order valence-corrected chi connectivity index (χ1v) is 6.28. The smallest absolute Gasteiger partial charge is 0.261 e. The van der Waals surface area contributed by atoms with Gasteiger partial charge < -0.3 is 0 Å². The second kappa shape index (κ2) is 6.95. The summed E-state index contributed by atoms with van der Waals surface area (Å²) >= 11 is 0. The van der Waals surface area contributed by atoms with E-state index in [-0.39, 0.29) is 5.69 Å². The number of aromatic nitrogens is 1. The van der Waals surface area contributed by atoms with E-state index >= 15 is 0 Å². The average Bonchev–Trinajstić information content (AvgIpc) is 2.49. The van der Waals surface area contributed by atoms with Crippen molar-refractivity contribution >= 4 is 23.8 Å². The van der Waals surface area contributed by atoms with Crippen molar-refractivity contribution in [3.63, 3.8) is 0 Å². The molecule has 0 bridgehead atoms. The predicted octanol–water partition coefficient (Wildman–Crippen LogP) is 3.49. The van der Waals surface area contributed by atoms with Crippen molar-refractivity contribution < 1.29 is 4.92 Å². The Labute approximate surface area is 122 Å². The molecule has 1 aromatic heterocycles. The van der Waals surface area contributed by atoms with Crippen LogP contribution in [0.1, 0.15) is 12.5 Å². The van der Waals surface area contributed by atoms with E-state index in [9.17, 15) is 10.1 Å². The molecule has 0 aliphatic heterocycles. The van der Waals surface area contributed by atoms with Crippen LogP contribution in [0.15, 0.2) is 59.3 Å². The normalized spacial score (nSPS) is 11.6. The third-order valence-corrected chi connectivity index (χ3v) is 2.60. The van der Waals surface area contributed by atoms with Crippen LogP contribution in [0.2, 0.25) is 0 Å². The van der Waals surface area contributed by atoms with Gasteiger partial charge in [0, 0.05) is 6.07 Å². The van der Waals surface area contributed by atoms with Crippen molar-refractivity contribution in [2.45, 2.75) is 6.92 Å². The molecule has 106 valence electrons. The maximum Gasteiger partial charge on any atom is 0.287 e. The Balaban J connectivity index is 1.95. The summed E-state index contributed by atoms with van der Waals surface area (Å²) in [6, 6.07) is 12.8. The summed E-state index contributed by atoms with van der Waals surface area (Å²) in [5.74, 6) is 0.448. The number of rotatable bonds is 5. The zero-order chi connectivity index (χ0) is 15.1. The van der Waals surface area contributed by atoms with Gasteiger partial charge in [-0.05, 0) is 24.1 Å². The molecule has 0 radical (unpaired) electrons. The lowest BCUT2D eigenvalue weighted by molar-refractivity contribution is -0.385. The molecular weight excluding hydrogens is 268 g/mol. The number of nitrogens with zero attached hydrogens (tertiary/aromatic N) is 3. The number of hydrogen-bond donors (Lipinski definition) is 1. The third-order valence-electron chi connectivity index (χ3n) is 2.60. The van der Waals surface area contributed by atoms with E-state index in [1.54, 1.807) is 6.21 Å². The molecule has 0 atom stereocenters. The zero-order valence-corrected chi connectivity index (χ0v) is 11.4. The van der Waals surface area contributed by atoms with E-state index in [1.165, 1.54) is 18.3 Å². The highest BCUT2D eigenvalue weighted by molar-refractivity contribution is 5.85. The second-order valence-corrected chi connectivity index (χ2v) is 4.33. The number of hydrogen-bond acceptors (Lipinski definition) is 5. The van der Waals surface area contributed by atoms with Crippen LogP contribution in [0.5, 0.6) is 0 Å². The molecule has 1 aromatic carbocycles. The minimum absolute atomic E-state index is 0.0512. The van der Waals surface area contributed by atoms with Crippen molar-refractivity contribution in [2.75, 3.05) is 5.43 Å². The molecular formula is C15H14N4O2. The summed E-state index contributed by atoms with van der Waals surface area (Å²) in [6.45, 7) is 1.93. The molecule has 1 heterocycles. The van der Waals surface area contributed by atoms with Gasteiger partial charge in [0.25, 0.3) is 5.69 Å². The number of nitro groups is 1. The molecule has 6 heteroatoms. The van der Waals surface area contributed by atoms with Crippen LogP contribution in [0, 0.1) is 10.1 Å². The molecule has 0 fully saturated rings. The topological polar surface area (TPSA) is 80.4 Å². The number of allylic oxidation sites excluding steroid dienone is 1. The SMILES string of the molecule is CC(=Cc1ccccc1)/C=N/Nc1ccc([N+](=O)[O-])cn1. The minimum atomic E-state index is -0.493. The number of hydrazone groups is 1. The van der Waals surface area contributed by atoms with Crippen LogP contribution in [-0.2, 0) is 0 Å². The highest BCUT2D eigenvalue weighted by atomic mass is 16.6. The summed E-state index contributed by atoms with van der Waals surface area (Å²) < 4.78 is 0. The zero-order valence-electron chi connectivity index (χ0n) is 11.4. The lowest BCUT2D eigenvalue weighted by Gasteiger charge is -1.98. The maximum absolute atomic E-state index is 10.5. The van der Waals surface area contributed by atoms with Gasteiger partial charge in [-0.1, -0.05) is 36.4 Å². The number of benzene rings is 1. The molecule has 0 aliphatic carbocycles. The third kappa shape index (κ3) is 4.54. The molecule has 6 nitrogen and oxygen atoms in total. The fraction of sp³-hybridized carbons (Fsp3) is 0.0667. The first-order valence-electron chi connectivity index (χ1n) is 6.28. The van der Waals surface area contributed by atoms with Gasteiger partial charge in [-0.3, -0.25) is 15.5 Å². The minimum Gasteiger partial charge on any atom is -0.261 e. The van der Waals surface area contributed by atoms with Crippen LogP contribution < -0.4 is 5.43 Å². The Hall–Kier alpha value is -3.02. The molecule has 0 saturated carbocycles. The van der Waals surface area contributed by atoms with Gasteiger partial charge >= 0.3 is 0 Å². The fourth-order valence-corrected chi connectivity index (χ4v) is 1.61. The Morgan fingerprint density at radius 3 is 2.67 bits per heavy atom. The van der Waals surface area contributed by atoms with E-state index < -0.39 is 4.92 Å². The summed E-state index contributed by atoms with van der Waals surface area (Å²) in [5.41, 5.74) is 4.73. The predicted molar refractivity (Wildman–Crippen MR) is 83.1 cm³/mol. The van der Waals surface area contributed by atoms with Crippen LogP contribution in [-0.4, -0.2) is 16.1 Å². The lowest BCUT2D eigenvalue weighted by Crippen LogP contribution is -1.94. The van der Waals surface area contributed by atoms with E-state index in [4.69, 9.17) is 0 Å². The number of anilines is 1. The van der Waals surface area contributed by atoms with Gasteiger partial charge in [-0.25, -0.2) is 4.98 Å². The highest BCUT2D eigenvalue weighted by Gasteiger charge is 2.04. The average molecular weight is 282 g/mol. The van der Waals surface area contributed by atoms with Crippen LogP contribution >= 0.6 is 0 Å². The Morgan fingerprint density at radius 2 is 2.05 bits per heavy atom. The van der Waals surface area contributed by atoms with Crippen molar-refractivity contribution in [1.29, 1.82) is 0 Å². The van der Waals surface area contributed by atoms with Gasteiger partial charge in [-0.2, -0.15) is 5.10 Å². The van der Waals surface area contributed by atoms with Crippen molar-refractivity contribution in [1.82, 2.24) is 4.98 Å². The molecule has 21 heavy (non-hydrogen) atoms. The van der Waals surface area contributed by atoms with Crippen LogP contribution in [0.4, 0.5) is 11.5 Å². The monoisotopic (exact) mass is 282 g/mol. The standard InChI is InChI=1S/C15H14N4O2/c1-12(9-13-5-3-2-4-6-13)10-17-18-15-8-7-14(11-16-15)19(20)21/h2-11H,1H3,(H,16,18)/b12-9?,17-10+. The first kappa shape index (κ1) is 14.4. The van der Waals surface area contributed by atoms with E-state index in [2.05, 4.69) is 15.5 Å². The van der Waals surface area contributed by atoms with Crippen molar-refractivity contribution in [3.8, 4) is 0 Å². The molecule has 0 aliphatic rings. The molecule has 0 unspecified atom stereocenters. The van der Waals surface area contributed by atoms with E-state index in [0.29, 0.717) is 5.82 Å². The van der Waals surface area contributed by atoms with Gasteiger partial charge in [0.15, 0.2) is 0 Å². The first-order chi connectivity index (χ1) is 10.1. The summed E-state index contributed by atoms with van der Waals surface area (Å²) in [4.78, 5) is 13.9. The molecule has 1 N–H and O–H groups in total. The Bertz CT molecular complexity index is 664. The summed E-state index contributed by atoms with van der Waals surface area (Å²) in [5, 5.41) is 14.5. The van der Waals surface area contributed by atoms with Gasteiger partial charge in [0.1, 0.15) is 12.0 Å². The maximum atomic E-state index is 10.5. The van der Waals surface area contributed by atoms with Gasteiger partial charge in [0.05, 0.1) is 11.1 Å². The Morgan fingerprint density at radius 1 is 1.29 bits per heavy atom. The van der Waals surface area contributed by atoms with Crippen molar-refractivity contribution in [2.24, 2.45) is 5.10 Å². The highest BCUT2D eigenvalue weighted by Crippen LogP contribution is 2.11. The Kier molecular flexibility index (Phi) is 4.76. The fourth-order valence-electron chi connectivity index (χ4n) is 1.61. The van der Waals surface area contributed by atoms with E-state index in [1.807, 2.05) is 43.3 Å². The summed E-state index contributed by atoms with van der Waals surface area (Å²) in [7, 11) is 0. The van der Waals surface area contributed by atoms with Gasteiger partial charge in [-0.15, -0.1) is 0 Å².